The first-order chi connectivity index (χ1) is 6.66. The van der Waals surface area contributed by atoms with E-state index in [2.05, 4.69) is 0 Å². The van der Waals surface area contributed by atoms with Crippen molar-refractivity contribution in [2.24, 2.45) is 0 Å². The van der Waals surface area contributed by atoms with E-state index < -0.39 is 16.1 Å². The second kappa shape index (κ2) is 3.62. The van der Waals surface area contributed by atoms with Gasteiger partial charge in [0.2, 0.25) is 10.0 Å². The molecule has 4 nitrogen and oxygen atoms in total. The zero-order valence-electron chi connectivity index (χ0n) is 8.05. The first kappa shape index (κ1) is 10.1. The number of sulfonamides is 1. The van der Waals surface area contributed by atoms with Crippen molar-refractivity contribution in [3.8, 4) is 0 Å². The van der Waals surface area contributed by atoms with Crippen LogP contribution in [-0.4, -0.2) is 36.8 Å². The summed E-state index contributed by atoms with van der Waals surface area (Å²) in [6.07, 6.45) is 4.85. The molecule has 1 aliphatic carbocycles. The lowest BCUT2D eigenvalue weighted by Crippen LogP contribution is -2.45. The molecule has 0 bridgehead atoms. The normalized spacial score (nSPS) is 30.1. The Kier molecular flexibility index (Phi) is 2.62. The van der Waals surface area contributed by atoms with Crippen molar-refractivity contribution in [1.82, 2.24) is 4.31 Å². The van der Waals surface area contributed by atoms with Crippen molar-refractivity contribution in [2.45, 2.75) is 43.4 Å². The topological polar surface area (TPSA) is 54.5 Å². The Labute approximate surface area is 84.3 Å². The van der Waals surface area contributed by atoms with Crippen molar-refractivity contribution in [1.29, 1.82) is 0 Å². The summed E-state index contributed by atoms with van der Waals surface area (Å²) < 4.78 is 25.2. The van der Waals surface area contributed by atoms with Gasteiger partial charge >= 0.3 is 0 Å². The highest BCUT2D eigenvalue weighted by molar-refractivity contribution is 7.90. The van der Waals surface area contributed by atoms with E-state index in [4.69, 9.17) is 0 Å². The number of hydrogen-bond donors (Lipinski definition) is 0. The van der Waals surface area contributed by atoms with Gasteiger partial charge in [0.05, 0.1) is 11.3 Å². The number of carbonyl (C=O) groups excluding carboxylic acids is 1. The third-order valence-corrected chi connectivity index (χ3v) is 5.35. The summed E-state index contributed by atoms with van der Waals surface area (Å²) in [7, 11) is -3.15. The maximum atomic E-state index is 11.9. The van der Waals surface area contributed by atoms with E-state index in [1.807, 2.05) is 0 Å². The summed E-state index contributed by atoms with van der Waals surface area (Å²) in [6, 6.07) is -0.394. The Morgan fingerprint density at radius 2 is 1.86 bits per heavy atom. The van der Waals surface area contributed by atoms with E-state index >= 15 is 0 Å². The quantitative estimate of drug-likeness (QED) is 0.648. The van der Waals surface area contributed by atoms with E-state index in [0.29, 0.717) is 13.0 Å². The monoisotopic (exact) mass is 217 g/mol. The number of rotatable bonds is 3. The van der Waals surface area contributed by atoms with Crippen molar-refractivity contribution in [2.75, 3.05) is 6.54 Å². The van der Waals surface area contributed by atoms with Gasteiger partial charge < -0.3 is 4.79 Å². The number of aldehydes is 1. The maximum absolute atomic E-state index is 11.9. The van der Waals surface area contributed by atoms with Crippen LogP contribution < -0.4 is 0 Å². The third-order valence-electron chi connectivity index (χ3n) is 2.93. The molecule has 1 saturated heterocycles. The lowest BCUT2D eigenvalue weighted by Gasteiger charge is -2.31. The fraction of sp³-hybridized carbons (Fsp3) is 0.889. The first-order valence-electron chi connectivity index (χ1n) is 5.12. The predicted octanol–water partition coefficient (Wildman–Crippen LogP) is 0.532. The van der Waals surface area contributed by atoms with Crippen LogP contribution in [0.25, 0.3) is 0 Å². The van der Waals surface area contributed by atoms with Crippen LogP contribution in [0.15, 0.2) is 0 Å². The van der Waals surface area contributed by atoms with Crippen LogP contribution in [0.5, 0.6) is 0 Å². The minimum absolute atomic E-state index is 0.192. The van der Waals surface area contributed by atoms with Gasteiger partial charge in [-0.2, -0.15) is 4.31 Å². The second-order valence-electron chi connectivity index (χ2n) is 4.05. The smallest absolute Gasteiger partial charge is 0.217 e. The molecule has 0 spiro atoms. The molecule has 14 heavy (non-hydrogen) atoms. The van der Waals surface area contributed by atoms with Gasteiger partial charge in [-0.05, 0) is 25.7 Å². The van der Waals surface area contributed by atoms with Gasteiger partial charge in [0, 0.05) is 6.54 Å². The van der Waals surface area contributed by atoms with Crippen LogP contribution in [-0.2, 0) is 14.8 Å². The number of hydrogen-bond acceptors (Lipinski definition) is 3. The van der Waals surface area contributed by atoms with Crippen molar-refractivity contribution in [3.63, 3.8) is 0 Å². The average Bonchev–Trinajstić information content (AvgIpc) is 3.01. The fourth-order valence-electron chi connectivity index (χ4n) is 1.94. The molecule has 0 aromatic rings. The minimum atomic E-state index is -3.15. The number of carbonyl (C=O) groups is 1. The van der Waals surface area contributed by atoms with Crippen molar-refractivity contribution >= 4 is 16.3 Å². The van der Waals surface area contributed by atoms with Crippen molar-refractivity contribution in [3.05, 3.63) is 0 Å². The molecule has 0 aromatic carbocycles. The molecular weight excluding hydrogens is 202 g/mol. The van der Waals surface area contributed by atoms with Crippen LogP contribution in [0.1, 0.15) is 32.1 Å². The van der Waals surface area contributed by atoms with E-state index in [9.17, 15) is 13.2 Å². The van der Waals surface area contributed by atoms with Gasteiger partial charge in [-0.15, -0.1) is 0 Å². The van der Waals surface area contributed by atoms with Gasteiger partial charge in [-0.1, -0.05) is 6.42 Å². The average molecular weight is 217 g/mol. The molecule has 0 radical (unpaired) electrons. The zero-order chi connectivity index (χ0) is 10.2. The van der Waals surface area contributed by atoms with E-state index in [-0.39, 0.29) is 5.25 Å². The van der Waals surface area contributed by atoms with Crippen LogP contribution in [0.2, 0.25) is 0 Å². The van der Waals surface area contributed by atoms with Gasteiger partial charge in [-0.25, -0.2) is 8.42 Å². The van der Waals surface area contributed by atoms with Gasteiger partial charge in [-0.3, -0.25) is 0 Å². The molecule has 1 unspecified atom stereocenters. The molecule has 1 saturated carbocycles. The Bertz CT molecular complexity index is 321. The molecule has 0 amide bonds. The van der Waals surface area contributed by atoms with Crippen LogP contribution in [0.4, 0.5) is 0 Å². The van der Waals surface area contributed by atoms with Gasteiger partial charge in [0.25, 0.3) is 0 Å². The van der Waals surface area contributed by atoms with Gasteiger partial charge in [0.15, 0.2) is 0 Å². The molecule has 1 aliphatic heterocycles. The highest BCUT2D eigenvalue weighted by Gasteiger charge is 2.43. The van der Waals surface area contributed by atoms with Crippen LogP contribution >= 0.6 is 0 Å². The first-order valence-corrected chi connectivity index (χ1v) is 6.62. The summed E-state index contributed by atoms with van der Waals surface area (Å²) in [5, 5.41) is -0.192. The maximum Gasteiger partial charge on any atom is 0.217 e. The summed E-state index contributed by atoms with van der Waals surface area (Å²) in [5.41, 5.74) is 0. The Morgan fingerprint density at radius 1 is 1.14 bits per heavy atom. The SMILES string of the molecule is O=CC1CCCCN1S(=O)(=O)C1CC1. The Morgan fingerprint density at radius 3 is 2.43 bits per heavy atom. The molecule has 5 heteroatoms. The molecule has 80 valence electrons. The van der Waals surface area contributed by atoms with Crippen molar-refractivity contribution < 1.29 is 13.2 Å². The zero-order valence-corrected chi connectivity index (χ0v) is 8.87. The summed E-state index contributed by atoms with van der Waals surface area (Å²) >= 11 is 0. The third kappa shape index (κ3) is 1.70. The molecule has 1 atom stereocenters. The molecule has 1 heterocycles. The van der Waals surface area contributed by atoms with E-state index in [0.717, 1.165) is 32.0 Å². The fourth-order valence-corrected chi connectivity index (χ4v) is 3.97. The summed E-state index contributed by atoms with van der Waals surface area (Å²) in [4.78, 5) is 10.8. The Hall–Kier alpha value is -0.420. The highest BCUT2D eigenvalue weighted by atomic mass is 32.2. The van der Waals surface area contributed by atoms with Gasteiger partial charge in [0.1, 0.15) is 6.29 Å². The minimum Gasteiger partial charge on any atom is -0.302 e. The lowest BCUT2D eigenvalue weighted by atomic mass is 10.1. The van der Waals surface area contributed by atoms with Crippen LogP contribution in [0, 0.1) is 0 Å². The molecule has 0 N–H and O–H groups in total. The summed E-state index contributed by atoms with van der Waals surface area (Å²) in [6.45, 7) is 0.530. The summed E-state index contributed by atoms with van der Waals surface area (Å²) in [5.74, 6) is 0. The second-order valence-corrected chi connectivity index (χ2v) is 6.22. The van der Waals surface area contributed by atoms with E-state index in [1.165, 1.54) is 4.31 Å². The molecular formula is C9H15NO3S. The van der Waals surface area contributed by atoms with Crippen LogP contribution in [0.3, 0.4) is 0 Å². The standard InChI is InChI=1S/C9H15NO3S/c11-7-8-3-1-2-6-10(8)14(12,13)9-4-5-9/h7-9H,1-6H2. The Balaban J connectivity index is 2.17. The molecule has 2 rings (SSSR count). The lowest BCUT2D eigenvalue weighted by molar-refractivity contribution is -0.111. The highest BCUT2D eigenvalue weighted by Crippen LogP contribution is 2.33. The number of nitrogens with zero attached hydrogens (tertiary/aromatic N) is 1. The van der Waals surface area contributed by atoms with E-state index in [1.54, 1.807) is 0 Å². The largest absolute Gasteiger partial charge is 0.302 e. The molecule has 2 aliphatic rings. The number of piperidine rings is 1. The predicted molar refractivity (Wildman–Crippen MR) is 52.4 cm³/mol. The molecule has 0 aromatic heterocycles. The molecule has 2 fully saturated rings.